The maximum absolute atomic E-state index is 4.43. The number of hydrogen-bond donors (Lipinski definition) is 1. The van der Waals surface area contributed by atoms with E-state index in [-0.39, 0.29) is 0 Å². The first-order valence-corrected chi connectivity index (χ1v) is 5.02. The zero-order valence-corrected chi connectivity index (χ0v) is 8.80. The van der Waals surface area contributed by atoms with Gasteiger partial charge < -0.3 is 5.32 Å². The van der Waals surface area contributed by atoms with Gasteiger partial charge in [-0.2, -0.15) is 5.10 Å². The fourth-order valence-corrected chi connectivity index (χ4v) is 1.40. The monoisotopic (exact) mass is 181 g/mol. The number of aryl methyl sites for hydroxylation is 2. The highest BCUT2D eigenvalue weighted by Crippen LogP contribution is 2.04. The van der Waals surface area contributed by atoms with Crippen LogP contribution in [0.4, 0.5) is 0 Å². The molecule has 0 aliphatic rings. The summed E-state index contributed by atoms with van der Waals surface area (Å²) in [6, 6.07) is 2.15. The fourth-order valence-electron chi connectivity index (χ4n) is 1.40. The smallest absolute Gasteiger partial charge is 0.0597 e. The van der Waals surface area contributed by atoms with Crippen LogP contribution in [0.1, 0.15) is 31.7 Å². The van der Waals surface area contributed by atoms with Crippen LogP contribution < -0.4 is 5.32 Å². The Labute approximate surface area is 80.1 Å². The van der Waals surface area contributed by atoms with Gasteiger partial charge in [0.05, 0.1) is 11.4 Å². The minimum Gasteiger partial charge on any atom is -0.311 e. The van der Waals surface area contributed by atoms with Gasteiger partial charge in [-0.25, -0.2) is 0 Å². The van der Waals surface area contributed by atoms with E-state index in [4.69, 9.17) is 0 Å². The molecule has 0 spiro atoms. The molecular formula is C10H19N3. The fraction of sp³-hybridized carbons (Fsp3) is 0.700. The van der Waals surface area contributed by atoms with E-state index in [1.165, 1.54) is 5.69 Å². The lowest BCUT2D eigenvalue weighted by Crippen LogP contribution is -2.16. The summed E-state index contributed by atoms with van der Waals surface area (Å²) < 4.78 is 2.10. The topological polar surface area (TPSA) is 29.9 Å². The molecule has 0 fully saturated rings. The molecule has 0 atom stereocenters. The van der Waals surface area contributed by atoms with Gasteiger partial charge in [0.1, 0.15) is 0 Å². The van der Waals surface area contributed by atoms with Gasteiger partial charge in [0.2, 0.25) is 0 Å². The molecular weight excluding hydrogens is 162 g/mol. The van der Waals surface area contributed by atoms with E-state index in [1.54, 1.807) is 0 Å². The standard InChI is InChI=1S/C10H19N3/c1-4-6-13-10(8-11-5-2)7-9(3)12-13/h7,11H,4-6,8H2,1-3H3. The van der Waals surface area contributed by atoms with Crippen molar-refractivity contribution in [3.63, 3.8) is 0 Å². The number of hydrogen-bond acceptors (Lipinski definition) is 2. The molecule has 1 aromatic heterocycles. The van der Waals surface area contributed by atoms with E-state index in [2.05, 4.69) is 35.0 Å². The van der Waals surface area contributed by atoms with Crippen LogP contribution in [-0.4, -0.2) is 16.3 Å². The van der Waals surface area contributed by atoms with E-state index >= 15 is 0 Å². The van der Waals surface area contributed by atoms with Gasteiger partial charge in [0.25, 0.3) is 0 Å². The zero-order valence-electron chi connectivity index (χ0n) is 8.80. The van der Waals surface area contributed by atoms with Crippen molar-refractivity contribution in [3.8, 4) is 0 Å². The van der Waals surface area contributed by atoms with Crippen LogP contribution in [0.5, 0.6) is 0 Å². The van der Waals surface area contributed by atoms with Crippen molar-refractivity contribution in [1.82, 2.24) is 15.1 Å². The summed E-state index contributed by atoms with van der Waals surface area (Å²) in [5.74, 6) is 0. The first-order chi connectivity index (χ1) is 6.27. The molecule has 1 aromatic rings. The molecule has 1 rings (SSSR count). The summed E-state index contributed by atoms with van der Waals surface area (Å²) in [6.07, 6.45) is 1.14. The lowest BCUT2D eigenvalue weighted by Gasteiger charge is -2.05. The van der Waals surface area contributed by atoms with Gasteiger partial charge in [-0.05, 0) is 26.0 Å². The van der Waals surface area contributed by atoms with Crippen molar-refractivity contribution in [2.24, 2.45) is 0 Å². The van der Waals surface area contributed by atoms with E-state index < -0.39 is 0 Å². The molecule has 0 bridgehead atoms. The molecule has 0 saturated heterocycles. The Balaban J connectivity index is 2.66. The maximum Gasteiger partial charge on any atom is 0.0597 e. The highest BCUT2D eigenvalue weighted by Gasteiger charge is 2.02. The van der Waals surface area contributed by atoms with Gasteiger partial charge in [0, 0.05) is 13.1 Å². The minimum atomic E-state index is 0.928. The van der Waals surface area contributed by atoms with Gasteiger partial charge >= 0.3 is 0 Å². The highest BCUT2D eigenvalue weighted by molar-refractivity contribution is 5.08. The molecule has 0 aliphatic heterocycles. The van der Waals surface area contributed by atoms with E-state index in [9.17, 15) is 0 Å². The highest BCUT2D eigenvalue weighted by atomic mass is 15.3. The molecule has 3 nitrogen and oxygen atoms in total. The lowest BCUT2D eigenvalue weighted by atomic mass is 10.3. The zero-order chi connectivity index (χ0) is 9.68. The van der Waals surface area contributed by atoms with Crippen LogP contribution in [-0.2, 0) is 13.1 Å². The average Bonchev–Trinajstić information content (AvgIpc) is 2.44. The summed E-state index contributed by atoms with van der Waals surface area (Å²) in [5.41, 5.74) is 2.41. The van der Waals surface area contributed by atoms with Gasteiger partial charge in [-0.1, -0.05) is 13.8 Å². The predicted molar refractivity (Wildman–Crippen MR) is 54.6 cm³/mol. The van der Waals surface area contributed by atoms with Gasteiger partial charge in [0.15, 0.2) is 0 Å². The molecule has 0 aliphatic carbocycles. The Kier molecular flexibility index (Phi) is 3.96. The van der Waals surface area contributed by atoms with Crippen LogP contribution in [0.15, 0.2) is 6.07 Å². The first-order valence-electron chi connectivity index (χ1n) is 5.02. The second kappa shape index (κ2) is 5.02. The molecule has 74 valence electrons. The average molecular weight is 181 g/mol. The van der Waals surface area contributed by atoms with Crippen molar-refractivity contribution >= 4 is 0 Å². The molecule has 0 saturated carbocycles. The van der Waals surface area contributed by atoms with Crippen molar-refractivity contribution in [2.45, 2.75) is 40.3 Å². The summed E-state index contributed by atoms with van der Waals surface area (Å²) in [5, 5.41) is 7.75. The maximum atomic E-state index is 4.43. The number of aromatic nitrogens is 2. The Hall–Kier alpha value is -0.830. The molecule has 0 aromatic carbocycles. The van der Waals surface area contributed by atoms with Crippen molar-refractivity contribution in [3.05, 3.63) is 17.5 Å². The minimum absolute atomic E-state index is 0.928. The third-order valence-corrected chi connectivity index (χ3v) is 1.98. The molecule has 1 N–H and O–H groups in total. The Morgan fingerprint density at radius 2 is 2.23 bits per heavy atom. The van der Waals surface area contributed by atoms with Crippen LogP contribution in [0.25, 0.3) is 0 Å². The molecule has 13 heavy (non-hydrogen) atoms. The van der Waals surface area contributed by atoms with E-state index in [0.29, 0.717) is 0 Å². The van der Waals surface area contributed by atoms with Crippen molar-refractivity contribution in [1.29, 1.82) is 0 Å². The summed E-state index contributed by atoms with van der Waals surface area (Å²) in [7, 11) is 0. The van der Waals surface area contributed by atoms with Crippen LogP contribution in [0, 0.1) is 6.92 Å². The number of rotatable bonds is 5. The van der Waals surface area contributed by atoms with Crippen LogP contribution in [0.2, 0.25) is 0 Å². The quantitative estimate of drug-likeness (QED) is 0.749. The van der Waals surface area contributed by atoms with E-state index in [1.807, 2.05) is 6.92 Å². The Morgan fingerprint density at radius 3 is 2.85 bits per heavy atom. The summed E-state index contributed by atoms with van der Waals surface area (Å²) in [6.45, 7) is 9.30. The van der Waals surface area contributed by atoms with Crippen molar-refractivity contribution < 1.29 is 0 Å². The van der Waals surface area contributed by atoms with Crippen LogP contribution >= 0.6 is 0 Å². The van der Waals surface area contributed by atoms with Crippen LogP contribution in [0.3, 0.4) is 0 Å². The van der Waals surface area contributed by atoms with Gasteiger partial charge in [-0.15, -0.1) is 0 Å². The van der Waals surface area contributed by atoms with E-state index in [0.717, 1.165) is 31.7 Å². The Morgan fingerprint density at radius 1 is 1.46 bits per heavy atom. The Bertz CT molecular complexity index is 253. The molecule has 0 unspecified atom stereocenters. The van der Waals surface area contributed by atoms with Crippen molar-refractivity contribution in [2.75, 3.05) is 6.54 Å². The third-order valence-electron chi connectivity index (χ3n) is 1.98. The second-order valence-electron chi connectivity index (χ2n) is 3.28. The number of nitrogens with zero attached hydrogens (tertiary/aromatic N) is 2. The third kappa shape index (κ3) is 2.84. The van der Waals surface area contributed by atoms with Gasteiger partial charge in [-0.3, -0.25) is 4.68 Å². The first kappa shape index (κ1) is 10.3. The summed E-state index contributed by atoms with van der Waals surface area (Å²) >= 11 is 0. The predicted octanol–water partition coefficient (Wildman–Crippen LogP) is 1.71. The SMILES string of the molecule is CCCn1nc(C)cc1CNCC. The second-order valence-corrected chi connectivity index (χ2v) is 3.28. The number of nitrogens with one attached hydrogen (secondary N) is 1. The molecule has 0 amide bonds. The largest absolute Gasteiger partial charge is 0.311 e. The lowest BCUT2D eigenvalue weighted by molar-refractivity contribution is 0.552. The molecule has 0 radical (unpaired) electrons. The normalized spacial score (nSPS) is 10.7. The summed E-state index contributed by atoms with van der Waals surface area (Å²) in [4.78, 5) is 0. The molecule has 3 heteroatoms. The molecule has 1 heterocycles.